The molecule has 0 radical (unpaired) electrons. The van der Waals surface area contributed by atoms with Crippen molar-refractivity contribution in [1.82, 2.24) is 5.32 Å². The molecular weight excluding hydrogens is 146 g/mol. The summed E-state index contributed by atoms with van der Waals surface area (Å²) in [6, 6.07) is 0. The molecule has 1 N–H and O–H groups in total. The smallest absolute Gasteiger partial charge is 0.00463 e. The van der Waals surface area contributed by atoms with Gasteiger partial charge in [0.05, 0.1) is 0 Å². The van der Waals surface area contributed by atoms with Crippen LogP contribution < -0.4 is 5.32 Å². The predicted molar refractivity (Wildman–Crippen MR) is 54.3 cm³/mol. The monoisotopic (exact) mass is 169 g/mol. The summed E-state index contributed by atoms with van der Waals surface area (Å²) < 4.78 is 0. The van der Waals surface area contributed by atoms with Crippen molar-refractivity contribution in [3.63, 3.8) is 0 Å². The van der Waals surface area contributed by atoms with E-state index in [1.165, 1.54) is 38.6 Å². The minimum atomic E-state index is 1.04. The molecule has 0 aromatic rings. The van der Waals surface area contributed by atoms with Crippen LogP contribution in [0.3, 0.4) is 0 Å². The predicted octanol–water partition coefficient (Wildman–Crippen LogP) is 2.81. The molecule has 0 aliphatic heterocycles. The van der Waals surface area contributed by atoms with Crippen molar-refractivity contribution >= 4 is 0 Å². The highest BCUT2D eigenvalue weighted by molar-refractivity contribution is 4.81. The van der Waals surface area contributed by atoms with Gasteiger partial charge in [0, 0.05) is 0 Å². The van der Waals surface area contributed by atoms with Crippen molar-refractivity contribution < 1.29 is 0 Å². The van der Waals surface area contributed by atoms with E-state index in [0.717, 1.165) is 18.4 Å². The van der Waals surface area contributed by atoms with Gasteiger partial charge in [0.2, 0.25) is 0 Å². The topological polar surface area (TPSA) is 12.0 Å². The van der Waals surface area contributed by atoms with Gasteiger partial charge in [-0.25, -0.2) is 0 Å². The maximum atomic E-state index is 3.42. The Morgan fingerprint density at radius 3 is 2.50 bits per heavy atom. The fourth-order valence-corrected chi connectivity index (χ4v) is 2.02. The van der Waals surface area contributed by atoms with E-state index in [9.17, 15) is 0 Å². The highest BCUT2D eigenvalue weighted by Gasteiger charge is 2.29. The molecule has 1 rings (SSSR count). The third-order valence-corrected chi connectivity index (χ3v) is 2.89. The van der Waals surface area contributed by atoms with Crippen molar-refractivity contribution in [2.75, 3.05) is 13.1 Å². The largest absolute Gasteiger partial charge is 0.317 e. The SMILES string of the molecule is CCCC(CCNCC)C1CC1. The molecule has 0 aromatic carbocycles. The van der Waals surface area contributed by atoms with Gasteiger partial charge < -0.3 is 5.32 Å². The van der Waals surface area contributed by atoms with Crippen LogP contribution in [-0.4, -0.2) is 13.1 Å². The first kappa shape index (κ1) is 10.0. The lowest BCUT2D eigenvalue weighted by Gasteiger charge is -2.14. The highest BCUT2D eigenvalue weighted by Crippen LogP contribution is 2.40. The Hall–Kier alpha value is -0.0400. The maximum absolute atomic E-state index is 3.42. The van der Waals surface area contributed by atoms with Gasteiger partial charge in [-0.2, -0.15) is 0 Å². The molecule has 0 spiro atoms. The number of rotatable bonds is 7. The molecule has 12 heavy (non-hydrogen) atoms. The van der Waals surface area contributed by atoms with Gasteiger partial charge >= 0.3 is 0 Å². The first-order valence-electron chi connectivity index (χ1n) is 5.59. The summed E-state index contributed by atoms with van der Waals surface area (Å²) in [6.07, 6.45) is 7.25. The fourth-order valence-electron chi connectivity index (χ4n) is 2.02. The Kier molecular flexibility index (Phi) is 4.67. The molecule has 1 saturated carbocycles. The van der Waals surface area contributed by atoms with Gasteiger partial charge in [0.25, 0.3) is 0 Å². The Balaban J connectivity index is 2.05. The second kappa shape index (κ2) is 5.58. The van der Waals surface area contributed by atoms with Gasteiger partial charge in [-0.3, -0.25) is 0 Å². The first-order chi connectivity index (χ1) is 5.88. The Morgan fingerprint density at radius 2 is 2.00 bits per heavy atom. The Labute approximate surface area is 76.9 Å². The van der Waals surface area contributed by atoms with Crippen LogP contribution in [0, 0.1) is 11.8 Å². The minimum absolute atomic E-state index is 1.04. The van der Waals surface area contributed by atoms with Gasteiger partial charge in [0.1, 0.15) is 0 Å². The van der Waals surface area contributed by atoms with E-state index in [4.69, 9.17) is 0 Å². The van der Waals surface area contributed by atoms with Gasteiger partial charge in [-0.15, -0.1) is 0 Å². The Morgan fingerprint density at radius 1 is 1.25 bits per heavy atom. The van der Waals surface area contributed by atoms with Crippen LogP contribution in [0.4, 0.5) is 0 Å². The average Bonchev–Trinajstić information content (AvgIpc) is 2.86. The van der Waals surface area contributed by atoms with Crippen molar-refractivity contribution in [3.8, 4) is 0 Å². The van der Waals surface area contributed by atoms with E-state index in [1.807, 2.05) is 0 Å². The second-order valence-electron chi connectivity index (χ2n) is 4.03. The molecule has 1 aliphatic carbocycles. The fraction of sp³-hybridized carbons (Fsp3) is 1.00. The molecule has 1 atom stereocenters. The first-order valence-corrected chi connectivity index (χ1v) is 5.59. The zero-order valence-electron chi connectivity index (χ0n) is 8.60. The van der Waals surface area contributed by atoms with E-state index in [-0.39, 0.29) is 0 Å². The van der Waals surface area contributed by atoms with Crippen LogP contribution in [0.25, 0.3) is 0 Å². The third kappa shape index (κ3) is 3.57. The number of nitrogens with one attached hydrogen (secondary N) is 1. The van der Waals surface area contributed by atoms with Gasteiger partial charge in [-0.05, 0) is 44.2 Å². The number of hydrogen-bond donors (Lipinski definition) is 1. The third-order valence-electron chi connectivity index (χ3n) is 2.89. The Bertz CT molecular complexity index is 108. The van der Waals surface area contributed by atoms with E-state index >= 15 is 0 Å². The molecule has 1 nitrogen and oxygen atoms in total. The summed E-state index contributed by atoms with van der Waals surface area (Å²) >= 11 is 0. The van der Waals surface area contributed by atoms with E-state index < -0.39 is 0 Å². The van der Waals surface area contributed by atoms with E-state index in [0.29, 0.717) is 0 Å². The van der Waals surface area contributed by atoms with Crippen molar-refractivity contribution in [1.29, 1.82) is 0 Å². The van der Waals surface area contributed by atoms with Crippen LogP contribution in [0.15, 0.2) is 0 Å². The van der Waals surface area contributed by atoms with Crippen LogP contribution in [-0.2, 0) is 0 Å². The van der Waals surface area contributed by atoms with Crippen molar-refractivity contribution in [2.24, 2.45) is 11.8 Å². The summed E-state index contributed by atoms with van der Waals surface area (Å²) in [5.41, 5.74) is 0. The zero-order chi connectivity index (χ0) is 8.81. The molecule has 0 saturated heterocycles. The van der Waals surface area contributed by atoms with Crippen LogP contribution in [0.1, 0.15) is 46.0 Å². The van der Waals surface area contributed by atoms with Gasteiger partial charge in [0.15, 0.2) is 0 Å². The lowest BCUT2D eigenvalue weighted by atomic mass is 9.94. The van der Waals surface area contributed by atoms with Crippen LogP contribution in [0.2, 0.25) is 0 Å². The molecule has 0 heterocycles. The lowest BCUT2D eigenvalue weighted by molar-refractivity contribution is 0.386. The quantitative estimate of drug-likeness (QED) is 0.578. The molecule has 72 valence electrons. The summed E-state index contributed by atoms with van der Waals surface area (Å²) in [7, 11) is 0. The second-order valence-corrected chi connectivity index (χ2v) is 4.03. The lowest BCUT2D eigenvalue weighted by Crippen LogP contribution is -2.18. The molecule has 1 heteroatoms. The average molecular weight is 169 g/mol. The molecule has 0 bridgehead atoms. The van der Waals surface area contributed by atoms with Crippen LogP contribution >= 0.6 is 0 Å². The van der Waals surface area contributed by atoms with Crippen LogP contribution in [0.5, 0.6) is 0 Å². The summed E-state index contributed by atoms with van der Waals surface area (Å²) in [6.45, 7) is 6.86. The van der Waals surface area contributed by atoms with Crippen molar-refractivity contribution in [3.05, 3.63) is 0 Å². The zero-order valence-corrected chi connectivity index (χ0v) is 8.60. The molecule has 0 amide bonds. The maximum Gasteiger partial charge on any atom is -0.00463 e. The van der Waals surface area contributed by atoms with E-state index in [1.54, 1.807) is 0 Å². The number of hydrogen-bond acceptors (Lipinski definition) is 1. The van der Waals surface area contributed by atoms with Gasteiger partial charge in [-0.1, -0.05) is 26.7 Å². The molecular formula is C11H23N. The summed E-state index contributed by atoms with van der Waals surface area (Å²) in [5, 5.41) is 3.42. The summed E-state index contributed by atoms with van der Waals surface area (Å²) in [4.78, 5) is 0. The molecule has 0 aromatic heterocycles. The summed E-state index contributed by atoms with van der Waals surface area (Å²) in [5.74, 6) is 2.14. The van der Waals surface area contributed by atoms with Crippen molar-refractivity contribution in [2.45, 2.75) is 46.0 Å². The normalized spacial score (nSPS) is 19.5. The van der Waals surface area contributed by atoms with E-state index in [2.05, 4.69) is 19.2 Å². The molecule has 1 fully saturated rings. The molecule has 1 aliphatic rings. The standard InChI is InChI=1S/C11H23N/c1-3-5-10(11-6-7-11)8-9-12-4-2/h10-12H,3-9H2,1-2H3. The minimum Gasteiger partial charge on any atom is -0.317 e. The highest BCUT2D eigenvalue weighted by atomic mass is 14.8. The molecule has 1 unspecified atom stereocenters.